The second kappa shape index (κ2) is 6.99. The van der Waals surface area contributed by atoms with Crippen molar-refractivity contribution in [3.63, 3.8) is 0 Å². The molecule has 5 nitrogen and oxygen atoms in total. The highest BCUT2D eigenvalue weighted by Crippen LogP contribution is 2.33. The van der Waals surface area contributed by atoms with Gasteiger partial charge in [-0.05, 0) is 5.92 Å². The largest absolute Gasteiger partial charge is 0.331 e. The van der Waals surface area contributed by atoms with Gasteiger partial charge in [0, 0.05) is 30.6 Å². The molecular weight excluding hydrogens is 320 g/mol. The van der Waals surface area contributed by atoms with Crippen LogP contribution < -0.4 is 5.73 Å². The van der Waals surface area contributed by atoms with Crippen molar-refractivity contribution in [2.45, 2.75) is 32.5 Å². The van der Waals surface area contributed by atoms with Crippen LogP contribution in [0.4, 0.5) is 0 Å². The molecule has 3 rings (SSSR count). The molecule has 2 N–H and O–H groups in total. The number of carbonyl (C=O) groups is 1. The first-order valence-corrected chi connectivity index (χ1v) is 8.95. The number of fused-ring (bicyclic) bond motifs is 1. The fourth-order valence-corrected chi connectivity index (χ4v) is 3.44. The van der Waals surface area contributed by atoms with Crippen LogP contribution in [0.5, 0.6) is 0 Å². The van der Waals surface area contributed by atoms with Crippen LogP contribution in [-0.4, -0.2) is 38.7 Å². The molecular formula is C18H24N4OS. The van der Waals surface area contributed by atoms with Crippen molar-refractivity contribution in [3.8, 4) is 11.3 Å². The SMILES string of the molecule is CC(C)[C@H]1c2nc(-c3ccccc3)cn2CCN1C(=O)[C@H](N)CS. The summed E-state index contributed by atoms with van der Waals surface area (Å²) in [4.78, 5) is 19.4. The predicted molar refractivity (Wildman–Crippen MR) is 98.8 cm³/mol. The quantitative estimate of drug-likeness (QED) is 0.837. The Morgan fingerprint density at radius 3 is 2.67 bits per heavy atom. The van der Waals surface area contributed by atoms with Gasteiger partial charge in [0.25, 0.3) is 0 Å². The molecule has 2 heterocycles. The van der Waals surface area contributed by atoms with E-state index in [-0.39, 0.29) is 17.9 Å². The third-order valence-electron chi connectivity index (χ3n) is 4.49. The summed E-state index contributed by atoms with van der Waals surface area (Å²) in [6.07, 6.45) is 2.08. The molecule has 1 aliphatic heterocycles. The second-order valence-corrected chi connectivity index (χ2v) is 6.92. The summed E-state index contributed by atoms with van der Waals surface area (Å²) < 4.78 is 2.17. The fraction of sp³-hybridized carbons (Fsp3) is 0.444. The lowest BCUT2D eigenvalue weighted by Crippen LogP contribution is -2.51. The maximum absolute atomic E-state index is 12.6. The van der Waals surface area contributed by atoms with E-state index in [1.807, 2.05) is 23.1 Å². The van der Waals surface area contributed by atoms with Gasteiger partial charge in [-0.25, -0.2) is 4.98 Å². The summed E-state index contributed by atoms with van der Waals surface area (Å²) >= 11 is 4.17. The molecule has 0 bridgehead atoms. The summed E-state index contributed by atoms with van der Waals surface area (Å²) in [7, 11) is 0. The second-order valence-electron chi connectivity index (χ2n) is 6.55. The van der Waals surface area contributed by atoms with Gasteiger partial charge in [0.15, 0.2) is 0 Å². The van der Waals surface area contributed by atoms with Crippen molar-refractivity contribution in [2.24, 2.45) is 11.7 Å². The highest BCUT2D eigenvalue weighted by atomic mass is 32.1. The number of amides is 1. The lowest BCUT2D eigenvalue weighted by molar-refractivity contribution is -0.137. The van der Waals surface area contributed by atoms with Crippen molar-refractivity contribution in [1.29, 1.82) is 0 Å². The lowest BCUT2D eigenvalue weighted by atomic mass is 9.99. The Balaban J connectivity index is 1.98. The van der Waals surface area contributed by atoms with Crippen LogP contribution in [0.1, 0.15) is 25.7 Å². The standard InChI is InChI=1S/C18H24N4OS/c1-12(2)16-17-20-15(13-6-4-3-5-7-13)10-21(17)8-9-22(16)18(23)14(19)11-24/h3-7,10,12,14,16,24H,8-9,11,19H2,1-2H3/t14-,16+/m1/s1. The molecule has 0 spiro atoms. The van der Waals surface area contributed by atoms with Gasteiger partial charge in [0.1, 0.15) is 5.82 Å². The van der Waals surface area contributed by atoms with Gasteiger partial charge in [-0.2, -0.15) is 12.6 Å². The summed E-state index contributed by atoms with van der Waals surface area (Å²) in [5, 5.41) is 0. The minimum Gasteiger partial charge on any atom is -0.331 e. The summed E-state index contributed by atoms with van der Waals surface area (Å²) in [6, 6.07) is 9.50. The maximum atomic E-state index is 12.6. The topological polar surface area (TPSA) is 64.2 Å². The number of rotatable bonds is 4. The molecule has 0 saturated heterocycles. The van der Waals surface area contributed by atoms with E-state index in [0.717, 1.165) is 23.6 Å². The van der Waals surface area contributed by atoms with Crippen LogP contribution in [0.2, 0.25) is 0 Å². The third kappa shape index (κ3) is 3.08. The molecule has 2 atom stereocenters. The first-order chi connectivity index (χ1) is 11.5. The van der Waals surface area contributed by atoms with E-state index in [2.05, 4.69) is 49.4 Å². The molecule has 0 radical (unpaired) electrons. The number of benzene rings is 1. The molecule has 6 heteroatoms. The Labute approximate surface area is 148 Å². The predicted octanol–water partition coefficient (Wildman–Crippen LogP) is 2.35. The van der Waals surface area contributed by atoms with Gasteiger partial charge in [-0.15, -0.1) is 0 Å². The Kier molecular flexibility index (Phi) is 4.96. The van der Waals surface area contributed by atoms with E-state index < -0.39 is 6.04 Å². The molecule has 2 aromatic rings. The molecule has 128 valence electrons. The van der Waals surface area contributed by atoms with Crippen LogP contribution in [-0.2, 0) is 11.3 Å². The Morgan fingerprint density at radius 1 is 1.33 bits per heavy atom. The van der Waals surface area contributed by atoms with Crippen molar-refractivity contribution in [1.82, 2.24) is 14.5 Å². The summed E-state index contributed by atoms with van der Waals surface area (Å²) in [6.45, 7) is 5.62. The Hall–Kier alpha value is -1.79. The smallest absolute Gasteiger partial charge is 0.241 e. The number of nitrogens with zero attached hydrogens (tertiary/aromatic N) is 3. The monoisotopic (exact) mass is 344 g/mol. The van der Waals surface area contributed by atoms with E-state index >= 15 is 0 Å². The van der Waals surface area contributed by atoms with Crippen LogP contribution in [0.3, 0.4) is 0 Å². The highest BCUT2D eigenvalue weighted by molar-refractivity contribution is 7.80. The van der Waals surface area contributed by atoms with Gasteiger partial charge in [-0.1, -0.05) is 44.2 Å². The minimum atomic E-state index is -0.565. The normalized spacial score (nSPS) is 18.5. The average Bonchev–Trinajstić information content (AvgIpc) is 3.04. The summed E-state index contributed by atoms with van der Waals surface area (Å²) in [5.41, 5.74) is 7.97. The van der Waals surface area contributed by atoms with E-state index in [1.165, 1.54) is 0 Å². The van der Waals surface area contributed by atoms with Crippen LogP contribution in [0.15, 0.2) is 36.5 Å². The number of imidazole rings is 1. The molecule has 0 unspecified atom stereocenters. The first-order valence-electron chi connectivity index (χ1n) is 8.32. The van der Waals surface area contributed by atoms with E-state index in [0.29, 0.717) is 12.3 Å². The Bertz CT molecular complexity index is 713. The molecule has 1 aliphatic rings. The molecule has 24 heavy (non-hydrogen) atoms. The van der Waals surface area contributed by atoms with Gasteiger partial charge >= 0.3 is 0 Å². The molecule has 0 saturated carbocycles. The Morgan fingerprint density at radius 2 is 2.04 bits per heavy atom. The number of hydrogen-bond donors (Lipinski definition) is 2. The van der Waals surface area contributed by atoms with Crippen molar-refractivity contribution < 1.29 is 4.79 Å². The zero-order valence-corrected chi connectivity index (χ0v) is 15.0. The fourth-order valence-electron chi connectivity index (χ4n) is 3.28. The van der Waals surface area contributed by atoms with E-state index in [4.69, 9.17) is 10.7 Å². The van der Waals surface area contributed by atoms with Gasteiger partial charge in [0.05, 0.1) is 17.8 Å². The number of aromatic nitrogens is 2. The number of thiol groups is 1. The van der Waals surface area contributed by atoms with Gasteiger partial charge in [-0.3, -0.25) is 4.79 Å². The molecule has 1 amide bonds. The van der Waals surface area contributed by atoms with Crippen molar-refractivity contribution in [3.05, 3.63) is 42.4 Å². The van der Waals surface area contributed by atoms with E-state index in [1.54, 1.807) is 0 Å². The number of carbonyl (C=O) groups excluding carboxylic acids is 1. The molecule has 1 aromatic carbocycles. The summed E-state index contributed by atoms with van der Waals surface area (Å²) in [5.74, 6) is 1.50. The average molecular weight is 344 g/mol. The number of hydrogen-bond acceptors (Lipinski definition) is 4. The first kappa shape index (κ1) is 17.0. The van der Waals surface area contributed by atoms with Gasteiger partial charge < -0.3 is 15.2 Å². The molecule has 0 aliphatic carbocycles. The van der Waals surface area contributed by atoms with Crippen LogP contribution in [0.25, 0.3) is 11.3 Å². The zero-order valence-electron chi connectivity index (χ0n) is 14.1. The van der Waals surface area contributed by atoms with Crippen molar-refractivity contribution in [2.75, 3.05) is 12.3 Å². The third-order valence-corrected chi connectivity index (χ3v) is 4.88. The van der Waals surface area contributed by atoms with Crippen molar-refractivity contribution >= 4 is 18.5 Å². The highest BCUT2D eigenvalue weighted by Gasteiger charge is 2.36. The zero-order chi connectivity index (χ0) is 17.3. The van der Waals surface area contributed by atoms with E-state index in [9.17, 15) is 4.79 Å². The van der Waals surface area contributed by atoms with Crippen LogP contribution >= 0.6 is 12.6 Å². The molecule has 0 fully saturated rings. The van der Waals surface area contributed by atoms with Crippen LogP contribution in [0, 0.1) is 5.92 Å². The minimum absolute atomic E-state index is 0.0424. The van der Waals surface area contributed by atoms with Gasteiger partial charge in [0.2, 0.25) is 5.91 Å². The molecule has 1 aromatic heterocycles. The lowest BCUT2D eigenvalue weighted by Gasteiger charge is -2.39. The maximum Gasteiger partial charge on any atom is 0.241 e. The number of nitrogens with two attached hydrogens (primary N) is 1.